The fourth-order valence-electron chi connectivity index (χ4n) is 1.83. The molecule has 1 aromatic carbocycles. The molecule has 3 nitrogen and oxygen atoms in total. The van der Waals surface area contributed by atoms with Gasteiger partial charge in [-0.3, -0.25) is 0 Å². The molecule has 104 valence electrons. The van der Waals surface area contributed by atoms with Crippen LogP contribution in [0.5, 0.6) is 0 Å². The standard InChI is InChI=1S/C12H11ClF3NO2/c13-8-3-7(12(14,15)16)4-9(5-8)17-10(11(18)19)6-1-2-6/h3-6,10,17H,1-2H2,(H,18,19). The minimum absolute atomic E-state index is 0.0363. The second kappa shape index (κ2) is 4.92. The van der Waals surface area contributed by atoms with Crippen LogP contribution in [0.15, 0.2) is 18.2 Å². The van der Waals surface area contributed by atoms with Crippen molar-refractivity contribution in [2.75, 3.05) is 5.32 Å². The third kappa shape index (κ3) is 3.53. The van der Waals surface area contributed by atoms with E-state index in [1.54, 1.807) is 0 Å². The van der Waals surface area contributed by atoms with Crippen molar-refractivity contribution < 1.29 is 23.1 Å². The second-order valence-electron chi connectivity index (χ2n) is 4.52. The van der Waals surface area contributed by atoms with Gasteiger partial charge in [0, 0.05) is 10.7 Å². The van der Waals surface area contributed by atoms with E-state index in [-0.39, 0.29) is 16.6 Å². The number of benzene rings is 1. The summed E-state index contributed by atoms with van der Waals surface area (Å²) < 4.78 is 37.8. The molecule has 0 spiro atoms. The predicted octanol–water partition coefficient (Wildman–Crippen LogP) is 3.63. The molecule has 0 radical (unpaired) electrons. The maximum Gasteiger partial charge on any atom is 0.416 e. The fraction of sp³-hybridized carbons (Fsp3) is 0.417. The number of carboxylic acid groups (broad SMARTS) is 1. The van der Waals surface area contributed by atoms with Gasteiger partial charge in [0.1, 0.15) is 6.04 Å². The highest BCUT2D eigenvalue weighted by Gasteiger charge is 2.37. The summed E-state index contributed by atoms with van der Waals surface area (Å²) in [6.07, 6.45) is -2.99. The highest BCUT2D eigenvalue weighted by atomic mass is 35.5. The largest absolute Gasteiger partial charge is 0.480 e. The van der Waals surface area contributed by atoms with Crippen LogP contribution >= 0.6 is 11.6 Å². The van der Waals surface area contributed by atoms with Gasteiger partial charge in [0.15, 0.2) is 0 Å². The molecule has 1 unspecified atom stereocenters. The molecule has 1 atom stereocenters. The monoisotopic (exact) mass is 293 g/mol. The number of carboxylic acids is 1. The summed E-state index contributed by atoms with van der Waals surface area (Å²) in [5.74, 6) is -1.11. The first-order valence-corrected chi connectivity index (χ1v) is 6.02. The molecule has 2 rings (SSSR count). The summed E-state index contributed by atoms with van der Waals surface area (Å²) >= 11 is 5.63. The molecule has 0 saturated heterocycles. The maximum absolute atomic E-state index is 12.6. The van der Waals surface area contributed by atoms with E-state index in [2.05, 4.69) is 5.32 Å². The molecular formula is C12H11ClF3NO2. The summed E-state index contributed by atoms with van der Waals surface area (Å²) in [5, 5.41) is 11.5. The number of carbonyl (C=O) groups is 1. The van der Waals surface area contributed by atoms with E-state index in [1.807, 2.05) is 0 Å². The number of alkyl halides is 3. The average molecular weight is 294 g/mol. The normalized spacial score (nSPS) is 17.1. The molecule has 0 amide bonds. The van der Waals surface area contributed by atoms with Crippen molar-refractivity contribution in [3.05, 3.63) is 28.8 Å². The van der Waals surface area contributed by atoms with E-state index < -0.39 is 23.8 Å². The zero-order chi connectivity index (χ0) is 14.2. The van der Waals surface area contributed by atoms with Crippen LogP contribution in [0.2, 0.25) is 5.02 Å². The quantitative estimate of drug-likeness (QED) is 0.891. The number of rotatable bonds is 4. The predicted molar refractivity (Wildman–Crippen MR) is 64.2 cm³/mol. The minimum Gasteiger partial charge on any atom is -0.480 e. The van der Waals surface area contributed by atoms with Gasteiger partial charge in [0.2, 0.25) is 0 Å². The summed E-state index contributed by atoms with van der Waals surface area (Å²) in [7, 11) is 0. The molecule has 19 heavy (non-hydrogen) atoms. The van der Waals surface area contributed by atoms with E-state index in [0.29, 0.717) is 0 Å². The lowest BCUT2D eigenvalue weighted by molar-refractivity contribution is -0.138. The molecule has 1 aromatic rings. The summed E-state index contributed by atoms with van der Waals surface area (Å²) in [5.41, 5.74) is -0.832. The van der Waals surface area contributed by atoms with Gasteiger partial charge in [-0.15, -0.1) is 0 Å². The van der Waals surface area contributed by atoms with Gasteiger partial charge in [0.05, 0.1) is 5.56 Å². The first-order valence-electron chi connectivity index (χ1n) is 5.64. The third-order valence-electron chi connectivity index (χ3n) is 2.91. The van der Waals surface area contributed by atoms with E-state index in [1.165, 1.54) is 6.07 Å². The lowest BCUT2D eigenvalue weighted by Crippen LogP contribution is -2.31. The first-order chi connectivity index (χ1) is 8.77. The van der Waals surface area contributed by atoms with E-state index in [9.17, 15) is 18.0 Å². The maximum atomic E-state index is 12.6. The molecule has 2 N–H and O–H groups in total. The van der Waals surface area contributed by atoms with Gasteiger partial charge in [0.25, 0.3) is 0 Å². The van der Waals surface area contributed by atoms with Gasteiger partial charge in [-0.2, -0.15) is 13.2 Å². The van der Waals surface area contributed by atoms with Crippen molar-refractivity contribution in [1.82, 2.24) is 0 Å². The highest BCUT2D eigenvalue weighted by Crippen LogP contribution is 2.37. The molecular weight excluding hydrogens is 283 g/mol. The number of hydrogen-bond donors (Lipinski definition) is 2. The van der Waals surface area contributed by atoms with Crippen molar-refractivity contribution in [3.63, 3.8) is 0 Å². The molecule has 1 aliphatic rings. The van der Waals surface area contributed by atoms with Gasteiger partial charge in [-0.1, -0.05) is 11.6 Å². The summed E-state index contributed by atoms with van der Waals surface area (Å²) in [4.78, 5) is 11.0. The summed E-state index contributed by atoms with van der Waals surface area (Å²) in [6, 6.07) is 2.08. The number of halogens is 4. The third-order valence-corrected chi connectivity index (χ3v) is 3.12. The van der Waals surface area contributed by atoms with Crippen molar-refractivity contribution in [3.8, 4) is 0 Å². The van der Waals surface area contributed by atoms with Crippen LogP contribution in [0.1, 0.15) is 18.4 Å². The minimum atomic E-state index is -4.51. The Balaban J connectivity index is 2.24. The van der Waals surface area contributed by atoms with Crippen LogP contribution in [-0.2, 0) is 11.0 Å². The topological polar surface area (TPSA) is 49.3 Å². The molecule has 1 fully saturated rings. The number of hydrogen-bond acceptors (Lipinski definition) is 2. The average Bonchev–Trinajstić information content (AvgIpc) is 3.07. The van der Waals surface area contributed by atoms with E-state index in [0.717, 1.165) is 25.0 Å². The van der Waals surface area contributed by atoms with Crippen LogP contribution in [0.4, 0.5) is 18.9 Å². The van der Waals surface area contributed by atoms with Crippen LogP contribution < -0.4 is 5.32 Å². The van der Waals surface area contributed by atoms with Gasteiger partial charge in [-0.05, 0) is 37.0 Å². The number of anilines is 1. The summed E-state index contributed by atoms with van der Waals surface area (Å²) in [6.45, 7) is 0. The molecule has 1 aliphatic carbocycles. The SMILES string of the molecule is O=C(O)C(Nc1cc(Cl)cc(C(F)(F)F)c1)C1CC1. The van der Waals surface area contributed by atoms with Crippen molar-refractivity contribution in [2.24, 2.45) is 5.92 Å². The molecule has 7 heteroatoms. The Bertz CT molecular complexity index is 500. The van der Waals surface area contributed by atoms with Crippen molar-refractivity contribution in [2.45, 2.75) is 25.1 Å². The Labute approximate surface area is 112 Å². The fourth-order valence-corrected chi connectivity index (χ4v) is 2.06. The number of nitrogens with one attached hydrogen (secondary N) is 1. The molecule has 0 heterocycles. The van der Waals surface area contributed by atoms with Crippen molar-refractivity contribution in [1.29, 1.82) is 0 Å². The molecule has 0 aromatic heterocycles. The Kier molecular flexibility index (Phi) is 3.62. The van der Waals surface area contributed by atoms with Crippen LogP contribution in [0.3, 0.4) is 0 Å². The lowest BCUT2D eigenvalue weighted by atomic mass is 10.1. The number of aliphatic carboxylic acids is 1. The molecule has 1 saturated carbocycles. The van der Waals surface area contributed by atoms with Crippen LogP contribution in [-0.4, -0.2) is 17.1 Å². The Hall–Kier alpha value is -1.43. The Morgan fingerprint density at radius 1 is 1.37 bits per heavy atom. The van der Waals surface area contributed by atoms with Gasteiger partial charge >= 0.3 is 12.1 Å². The zero-order valence-corrected chi connectivity index (χ0v) is 10.4. The zero-order valence-electron chi connectivity index (χ0n) is 9.67. The highest BCUT2D eigenvalue weighted by molar-refractivity contribution is 6.31. The smallest absolute Gasteiger partial charge is 0.416 e. The lowest BCUT2D eigenvalue weighted by Gasteiger charge is -2.17. The van der Waals surface area contributed by atoms with E-state index >= 15 is 0 Å². The van der Waals surface area contributed by atoms with Crippen LogP contribution in [0.25, 0.3) is 0 Å². The Morgan fingerprint density at radius 2 is 2.00 bits per heavy atom. The molecule has 0 bridgehead atoms. The van der Waals surface area contributed by atoms with Gasteiger partial charge in [-0.25, -0.2) is 4.79 Å². The van der Waals surface area contributed by atoms with Crippen molar-refractivity contribution >= 4 is 23.3 Å². The van der Waals surface area contributed by atoms with Gasteiger partial charge < -0.3 is 10.4 Å². The van der Waals surface area contributed by atoms with Crippen LogP contribution in [0, 0.1) is 5.92 Å². The van der Waals surface area contributed by atoms with E-state index in [4.69, 9.17) is 16.7 Å². The molecule has 0 aliphatic heterocycles. The Morgan fingerprint density at radius 3 is 2.47 bits per heavy atom. The first kappa shape index (κ1) is 14.0. The second-order valence-corrected chi connectivity index (χ2v) is 4.96.